The van der Waals surface area contributed by atoms with Crippen molar-refractivity contribution in [1.82, 2.24) is 0 Å². The van der Waals surface area contributed by atoms with E-state index in [-0.39, 0.29) is 27.3 Å². The summed E-state index contributed by atoms with van der Waals surface area (Å²) in [5.74, 6) is -1.38. The Labute approximate surface area is 222 Å². The maximum Gasteiger partial charge on any atom is 0.300 e. The van der Waals surface area contributed by atoms with Crippen molar-refractivity contribution < 1.29 is 19.4 Å². The lowest BCUT2D eigenvalue weighted by Crippen LogP contribution is -2.29. The molecular weight excluding hydrogens is 488 g/mol. The van der Waals surface area contributed by atoms with Gasteiger partial charge < -0.3 is 14.7 Å². The number of ether oxygens (including phenoxy) is 1. The Kier molecular flexibility index (Phi) is 7.07. The maximum absolute atomic E-state index is 13.5. The van der Waals surface area contributed by atoms with Crippen LogP contribution in [0.5, 0.6) is 5.75 Å². The minimum atomic E-state index is -0.848. The second kappa shape index (κ2) is 9.94. The lowest BCUT2D eigenvalue weighted by atomic mass is 9.87. The van der Waals surface area contributed by atoms with E-state index in [1.54, 1.807) is 18.2 Å². The summed E-state index contributed by atoms with van der Waals surface area (Å²) in [6.07, 6.45) is 0. The van der Waals surface area contributed by atoms with E-state index in [1.165, 1.54) is 12.0 Å². The highest BCUT2D eigenvalue weighted by Crippen LogP contribution is 2.44. The van der Waals surface area contributed by atoms with Crippen molar-refractivity contribution in [2.45, 2.75) is 32.2 Å². The minimum Gasteiger partial charge on any atom is -0.507 e. The van der Waals surface area contributed by atoms with Gasteiger partial charge in [-0.25, -0.2) is 0 Å². The number of anilines is 2. The van der Waals surface area contributed by atoms with Gasteiger partial charge in [0, 0.05) is 31.0 Å². The molecule has 4 rings (SSSR count). The third-order valence-electron chi connectivity index (χ3n) is 6.61. The fraction of sp³-hybridized carbons (Fsp3) is 0.267. The molecule has 1 atom stereocenters. The maximum atomic E-state index is 13.5. The van der Waals surface area contributed by atoms with E-state index in [9.17, 15) is 14.7 Å². The Morgan fingerprint density at radius 3 is 2.14 bits per heavy atom. The zero-order valence-corrected chi connectivity index (χ0v) is 22.6. The highest BCUT2D eigenvalue weighted by atomic mass is 35.5. The number of carbonyl (C=O) groups excluding carboxylic acids is 2. The average Bonchev–Trinajstić information content (AvgIpc) is 3.13. The second-order valence-corrected chi connectivity index (χ2v) is 10.7. The number of aliphatic hydroxyl groups excluding tert-OH is 1. The number of benzene rings is 3. The van der Waals surface area contributed by atoms with Gasteiger partial charge in [0.2, 0.25) is 0 Å². The van der Waals surface area contributed by atoms with Gasteiger partial charge in [-0.05, 0) is 59.0 Å². The number of hydrogen-bond acceptors (Lipinski definition) is 5. The molecule has 1 amide bonds. The molecule has 0 bridgehead atoms. The summed E-state index contributed by atoms with van der Waals surface area (Å²) in [7, 11) is 5.37. The summed E-state index contributed by atoms with van der Waals surface area (Å²) in [6.45, 7) is 6.33. The number of aliphatic hydroxyl groups is 1. The molecule has 37 heavy (non-hydrogen) atoms. The van der Waals surface area contributed by atoms with Gasteiger partial charge in [0.25, 0.3) is 11.7 Å². The smallest absolute Gasteiger partial charge is 0.300 e. The lowest BCUT2D eigenvalue weighted by Gasteiger charge is -2.27. The Bertz CT molecular complexity index is 1370. The van der Waals surface area contributed by atoms with Crippen LogP contribution in [0.2, 0.25) is 5.02 Å². The number of amides is 1. The zero-order valence-electron chi connectivity index (χ0n) is 21.9. The number of rotatable bonds is 5. The highest BCUT2D eigenvalue weighted by molar-refractivity contribution is 6.52. The van der Waals surface area contributed by atoms with Crippen LogP contribution in [0.25, 0.3) is 5.76 Å². The number of hydrogen-bond donors (Lipinski definition) is 1. The Morgan fingerprint density at radius 2 is 1.59 bits per heavy atom. The van der Waals surface area contributed by atoms with Crippen LogP contribution in [0.15, 0.2) is 72.3 Å². The number of nitrogens with zero attached hydrogens (tertiary/aromatic N) is 2. The average molecular weight is 519 g/mol. The van der Waals surface area contributed by atoms with Crippen LogP contribution >= 0.6 is 11.6 Å². The van der Waals surface area contributed by atoms with Crippen LogP contribution in [-0.2, 0) is 15.0 Å². The van der Waals surface area contributed by atoms with Gasteiger partial charge in [-0.15, -0.1) is 0 Å². The van der Waals surface area contributed by atoms with E-state index in [1.807, 2.05) is 67.5 Å². The molecule has 0 saturated carbocycles. The molecule has 1 aliphatic rings. The number of Topliss-reactive ketones (excluding diaryl/α,β-unsaturated/α-hetero) is 1. The molecule has 0 spiro atoms. The van der Waals surface area contributed by atoms with Crippen LogP contribution in [0.1, 0.15) is 43.5 Å². The Hall–Kier alpha value is -3.77. The summed E-state index contributed by atoms with van der Waals surface area (Å²) in [6, 6.07) is 19.1. The first-order valence-corrected chi connectivity index (χ1v) is 12.3. The van der Waals surface area contributed by atoms with Crippen molar-refractivity contribution in [3.8, 4) is 5.75 Å². The first kappa shape index (κ1) is 26.3. The Balaban J connectivity index is 1.93. The van der Waals surface area contributed by atoms with Crippen LogP contribution < -0.4 is 14.5 Å². The molecule has 7 heteroatoms. The van der Waals surface area contributed by atoms with Gasteiger partial charge in [-0.2, -0.15) is 0 Å². The molecule has 1 N–H and O–H groups in total. The van der Waals surface area contributed by atoms with Gasteiger partial charge in [0.1, 0.15) is 11.5 Å². The van der Waals surface area contributed by atoms with Crippen molar-refractivity contribution in [1.29, 1.82) is 0 Å². The monoisotopic (exact) mass is 518 g/mol. The quantitative estimate of drug-likeness (QED) is 0.242. The third-order valence-corrected chi connectivity index (χ3v) is 6.94. The van der Waals surface area contributed by atoms with Gasteiger partial charge in [0.15, 0.2) is 0 Å². The van der Waals surface area contributed by atoms with Crippen LogP contribution in [0.3, 0.4) is 0 Å². The second-order valence-electron chi connectivity index (χ2n) is 10.3. The molecular formula is C30H31ClN2O4. The normalized spacial score (nSPS) is 17.3. The van der Waals surface area contributed by atoms with Crippen LogP contribution in [-0.4, -0.2) is 38.0 Å². The molecule has 0 aromatic heterocycles. The first-order valence-electron chi connectivity index (χ1n) is 12.0. The van der Waals surface area contributed by atoms with Crippen molar-refractivity contribution in [2.24, 2.45) is 0 Å². The summed E-state index contributed by atoms with van der Waals surface area (Å²) in [5.41, 5.74) is 3.43. The molecule has 0 aliphatic carbocycles. The number of halogens is 1. The lowest BCUT2D eigenvalue weighted by molar-refractivity contribution is -0.132. The first-order chi connectivity index (χ1) is 17.4. The van der Waals surface area contributed by atoms with Gasteiger partial charge in [0.05, 0.1) is 23.7 Å². The van der Waals surface area contributed by atoms with E-state index >= 15 is 0 Å². The predicted molar refractivity (Wildman–Crippen MR) is 149 cm³/mol. The molecule has 6 nitrogen and oxygen atoms in total. The fourth-order valence-corrected chi connectivity index (χ4v) is 4.66. The third kappa shape index (κ3) is 4.94. The number of ketones is 1. The zero-order chi connectivity index (χ0) is 27.1. The molecule has 3 aromatic carbocycles. The van der Waals surface area contributed by atoms with Crippen LogP contribution in [0.4, 0.5) is 11.4 Å². The van der Waals surface area contributed by atoms with Gasteiger partial charge in [-0.3, -0.25) is 14.5 Å². The van der Waals surface area contributed by atoms with E-state index in [0.717, 1.165) is 11.3 Å². The molecule has 192 valence electrons. The molecule has 1 fully saturated rings. The summed E-state index contributed by atoms with van der Waals surface area (Å²) < 4.78 is 5.29. The van der Waals surface area contributed by atoms with E-state index in [0.29, 0.717) is 17.0 Å². The summed E-state index contributed by atoms with van der Waals surface area (Å²) in [5, 5.41) is 11.7. The molecule has 3 aromatic rings. The molecule has 1 saturated heterocycles. The van der Waals surface area contributed by atoms with Crippen molar-refractivity contribution in [3.05, 3.63) is 94.0 Å². The summed E-state index contributed by atoms with van der Waals surface area (Å²) >= 11 is 6.41. The van der Waals surface area contributed by atoms with E-state index in [2.05, 4.69) is 20.8 Å². The predicted octanol–water partition coefficient (Wildman–Crippen LogP) is 6.34. The fourth-order valence-electron chi connectivity index (χ4n) is 4.45. The Morgan fingerprint density at radius 1 is 0.973 bits per heavy atom. The van der Waals surface area contributed by atoms with E-state index in [4.69, 9.17) is 16.3 Å². The standard InChI is InChI=1S/C30H31ClN2O4/c1-30(2,3)19-9-13-21(14-10-19)33-26(18-7-11-20(12-8-18)32(4)5)25(28(35)29(33)36)27(34)23-17-22(37-6)15-16-24(23)31/h7-17,26,34H,1-6H3/b27-25+. The van der Waals surface area contributed by atoms with Crippen molar-refractivity contribution in [3.63, 3.8) is 0 Å². The van der Waals surface area contributed by atoms with Crippen molar-refractivity contribution in [2.75, 3.05) is 31.0 Å². The summed E-state index contributed by atoms with van der Waals surface area (Å²) in [4.78, 5) is 30.3. The molecule has 1 unspecified atom stereocenters. The van der Waals surface area contributed by atoms with Crippen molar-refractivity contribution >= 4 is 40.4 Å². The highest BCUT2D eigenvalue weighted by Gasteiger charge is 2.47. The van der Waals surface area contributed by atoms with Crippen LogP contribution in [0, 0.1) is 0 Å². The topological polar surface area (TPSA) is 70.1 Å². The number of carbonyl (C=O) groups is 2. The van der Waals surface area contributed by atoms with E-state index < -0.39 is 17.7 Å². The number of methoxy groups -OCH3 is 1. The largest absolute Gasteiger partial charge is 0.507 e. The molecule has 1 heterocycles. The SMILES string of the molecule is COc1ccc(Cl)c(/C(O)=C2\C(=O)C(=O)N(c3ccc(C(C)(C)C)cc3)C2c2ccc(N(C)C)cc2)c1. The minimum absolute atomic E-state index is 0.0299. The van der Waals surface area contributed by atoms with Gasteiger partial charge >= 0.3 is 0 Å². The molecule has 0 radical (unpaired) electrons. The van der Waals surface area contributed by atoms with Gasteiger partial charge in [-0.1, -0.05) is 56.6 Å². The molecule has 1 aliphatic heterocycles.